The second-order valence-electron chi connectivity index (χ2n) is 4.95. The Bertz CT molecular complexity index is 473. The van der Waals surface area contributed by atoms with Gasteiger partial charge < -0.3 is 10.6 Å². The second-order valence-corrected chi connectivity index (χ2v) is 5.80. The number of rotatable bonds is 4. The Morgan fingerprint density at radius 1 is 1.58 bits per heavy atom. The van der Waals surface area contributed by atoms with Crippen molar-refractivity contribution in [3.63, 3.8) is 0 Å². The van der Waals surface area contributed by atoms with Gasteiger partial charge in [0.1, 0.15) is 5.82 Å². The van der Waals surface area contributed by atoms with Crippen molar-refractivity contribution in [3.8, 4) is 0 Å². The molecule has 0 bridgehead atoms. The summed E-state index contributed by atoms with van der Waals surface area (Å²) >= 11 is 3.10. The molecule has 0 aromatic heterocycles. The number of benzene rings is 1. The lowest BCUT2D eigenvalue weighted by Gasteiger charge is -2.27. The van der Waals surface area contributed by atoms with Gasteiger partial charge in [0, 0.05) is 5.69 Å². The highest BCUT2D eigenvalue weighted by atomic mass is 79.9. The topological polar surface area (TPSA) is 41.1 Å². The van der Waals surface area contributed by atoms with Crippen molar-refractivity contribution in [2.45, 2.75) is 38.1 Å². The van der Waals surface area contributed by atoms with E-state index in [1.165, 1.54) is 6.07 Å². The van der Waals surface area contributed by atoms with Crippen molar-refractivity contribution in [3.05, 3.63) is 28.5 Å². The monoisotopic (exact) mass is 328 g/mol. The Balaban J connectivity index is 2.12. The van der Waals surface area contributed by atoms with Crippen LogP contribution < -0.4 is 10.6 Å². The van der Waals surface area contributed by atoms with E-state index in [1.807, 2.05) is 0 Å². The van der Waals surface area contributed by atoms with Crippen LogP contribution in [-0.2, 0) is 4.79 Å². The van der Waals surface area contributed by atoms with Crippen LogP contribution in [0.25, 0.3) is 0 Å². The second kappa shape index (κ2) is 6.01. The van der Waals surface area contributed by atoms with E-state index in [4.69, 9.17) is 0 Å². The maximum atomic E-state index is 13.4. The van der Waals surface area contributed by atoms with Crippen molar-refractivity contribution in [2.24, 2.45) is 0 Å². The minimum Gasteiger partial charge on any atom is -0.324 e. The van der Waals surface area contributed by atoms with E-state index in [0.717, 1.165) is 32.2 Å². The molecule has 2 N–H and O–H groups in total. The van der Waals surface area contributed by atoms with E-state index < -0.39 is 5.54 Å². The van der Waals surface area contributed by atoms with E-state index >= 15 is 0 Å². The normalized spacial score (nSPS) is 22.5. The SMILES string of the molecule is CCCC1(C(=O)Nc2ccc(Br)c(F)c2)CCCN1. The van der Waals surface area contributed by atoms with E-state index in [0.29, 0.717) is 10.2 Å². The fourth-order valence-electron chi connectivity index (χ4n) is 2.58. The quantitative estimate of drug-likeness (QED) is 0.888. The number of halogens is 2. The van der Waals surface area contributed by atoms with Gasteiger partial charge in [-0.1, -0.05) is 13.3 Å². The maximum absolute atomic E-state index is 13.4. The van der Waals surface area contributed by atoms with Crippen molar-refractivity contribution < 1.29 is 9.18 Å². The first-order valence-electron chi connectivity index (χ1n) is 6.59. The number of hydrogen-bond acceptors (Lipinski definition) is 2. The summed E-state index contributed by atoms with van der Waals surface area (Å²) in [5.74, 6) is -0.435. The summed E-state index contributed by atoms with van der Waals surface area (Å²) < 4.78 is 13.8. The number of nitrogens with one attached hydrogen (secondary N) is 2. The third-order valence-corrected chi connectivity index (χ3v) is 4.18. The first-order chi connectivity index (χ1) is 9.07. The largest absolute Gasteiger partial charge is 0.324 e. The predicted molar refractivity (Wildman–Crippen MR) is 77.6 cm³/mol. The number of carbonyl (C=O) groups is 1. The van der Waals surface area contributed by atoms with Gasteiger partial charge in [-0.2, -0.15) is 0 Å². The van der Waals surface area contributed by atoms with Crippen LogP contribution in [0.1, 0.15) is 32.6 Å². The van der Waals surface area contributed by atoms with Crippen LogP contribution in [0.3, 0.4) is 0 Å². The fraction of sp³-hybridized carbons (Fsp3) is 0.500. The molecule has 19 heavy (non-hydrogen) atoms. The fourth-order valence-corrected chi connectivity index (χ4v) is 2.82. The molecule has 3 nitrogen and oxygen atoms in total. The molecule has 1 aromatic rings. The molecule has 0 aliphatic carbocycles. The van der Waals surface area contributed by atoms with Gasteiger partial charge in [-0.05, 0) is 59.9 Å². The molecule has 5 heteroatoms. The van der Waals surface area contributed by atoms with Gasteiger partial charge in [0.2, 0.25) is 5.91 Å². The molecular formula is C14H18BrFN2O. The highest BCUT2D eigenvalue weighted by Crippen LogP contribution is 2.27. The molecule has 0 saturated carbocycles. The van der Waals surface area contributed by atoms with E-state index in [2.05, 4.69) is 33.5 Å². The highest BCUT2D eigenvalue weighted by molar-refractivity contribution is 9.10. The first-order valence-corrected chi connectivity index (χ1v) is 7.38. The van der Waals surface area contributed by atoms with Crippen molar-refractivity contribution in [1.29, 1.82) is 0 Å². The predicted octanol–water partition coefficient (Wildman–Crippen LogP) is 3.45. The summed E-state index contributed by atoms with van der Waals surface area (Å²) in [5.41, 5.74) is 0.00746. The lowest BCUT2D eigenvalue weighted by molar-refractivity contribution is -0.122. The Labute approximate surface area is 121 Å². The van der Waals surface area contributed by atoms with Crippen molar-refractivity contribution in [2.75, 3.05) is 11.9 Å². The molecule has 1 saturated heterocycles. The molecule has 0 radical (unpaired) electrons. The van der Waals surface area contributed by atoms with Gasteiger partial charge in [0.25, 0.3) is 0 Å². The molecular weight excluding hydrogens is 311 g/mol. The summed E-state index contributed by atoms with van der Waals surface area (Å²) in [6.07, 6.45) is 3.58. The average molecular weight is 329 g/mol. The van der Waals surface area contributed by atoms with Crippen LogP contribution in [0.4, 0.5) is 10.1 Å². The molecule has 1 aliphatic rings. The molecule has 104 valence electrons. The third kappa shape index (κ3) is 3.15. The summed E-state index contributed by atoms with van der Waals surface area (Å²) in [4.78, 5) is 12.4. The first kappa shape index (κ1) is 14.5. The Hall–Kier alpha value is -0.940. The van der Waals surface area contributed by atoms with Crippen LogP contribution in [0, 0.1) is 5.82 Å². The summed E-state index contributed by atoms with van der Waals surface area (Å²) in [7, 11) is 0. The zero-order chi connectivity index (χ0) is 13.9. The zero-order valence-corrected chi connectivity index (χ0v) is 12.5. The molecule has 2 rings (SSSR count). The van der Waals surface area contributed by atoms with E-state index in [1.54, 1.807) is 12.1 Å². The summed E-state index contributed by atoms with van der Waals surface area (Å²) in [5, 5.41) is 6.12. The van der Waals surface area contributed by atoms with Crippen LogP contribution in [0.5, 0.6) is 0 Å². The zero-order valence-electron chi connectivity index (χ0n) is 10.9. The van der Waals surface area contributed by atoms with Crippen LogP contribution >= 0.6 is 15.9 Å². The third-order valence-electron chi connectivity index (χ3n) is 3.53. The molecule has 1 amide bonds. The lowest BCUT2D eigenvalue weighted by Crippen LogP contribution is -2.50. The minimum atomic E-state index is -0.488. The molecule has 1 aromatic carbocycles. The average Bonchev–Trinajstić information content (AvgIpc) is 2.84. The number of carbonyl (C=O) groups excluding carboxylic acids is 1. The van der Waals surface area contributed by atoms with Crippen LogP contribution in [-0.4, -0.2) is 18.0 Å². The lowest BCUT2D eigenvalue weighted by atomic mass is 9.91. The number of amides is 1. The van der Waals surface area contributed by atoms with Gasteiger partial charge in [0.15, 0.2) is 0 Å². The summed E-state index contributed by atoms with van der Waals surface area (Å²) in [6.45, 7) is 2.93. The molecule has 1 atom stereocenters. The molecule has 1 aliphatic heterocycles. The van der Waals surface area contributed by atoms with E-state index in [-0.39, 0.29) is 11.7 Å². The minimum absolute atomic E-state index is 0.0615. The molecule has 0 spiro atoms. The van der Waals surface area contributed by atoms with Gasteiger partial charge in [-0.15, -0.1) is 0 Å². The Morgan fingerprint density at radius 3 is 2.95 bits per heavy atom. The van der Waals surface area contributed by atoms with Crippen LogP contribution in [0.15, 0.2) is 22.7 Å². The molecule has 1 heterocycles. The highest BCUT2D eigenvalue weighted by Gasteiger charge is 2.39. The molecule has 1 unspecified atom stereocenters. The Kier molecular flexibility index (Phi) is 4.58. The van der Waals surface area contributed by atoms with Gasteiger partial charge >= 0.3 is 0 Å². The number of hydrogen-bond donors (Lipinski definition) is 2. The van der Waals surface area contributed by atoms with Gasteiger partial charge in [-0.3, -0.25) is 4.79 Å². The summed E-state index contributed by atoms with van der Waals surface area (Å²) in [6, 6.07) is 4.62. The van der Waals surface area contributed by atoms with Gasteiger partial charge in [-0.25, -0.2) is 4.39 Å². The van der Waals surface area contributed by atoms with E-state index in [9.17, 15) is 9.18 Å². The van der Waals surface area contributed by atoms with Crippen molar-refractivity contribution >= 4 is 27.5 Å². The smallest absolute Gasteiger partial charge is 0.244 e. The van der Waals surface area contributed by atoms with Crippen LogP contribution in [0.2, 0.25) is 0 Å². The van der Waals surface area contributed by atoms with Crippen molar-refractivity contribution in [1.82, 2.24) is 5.32 Å². The Morgan fingerprint density at radius 2 is 2.37 bits per heavy atom. The van der Waals surface area contributed by atoms with Gasteiger partial charge in [0.05, 0.1) is 10.0 Å². The standard InChI is InChI=1S/C14H18BrFN2O/c1-2-6-14(7-3-8-17-14)13(19)18-10-4-5-11(15)12(16)9-10/h4-5,9,17H,2-3,6-8H2,1H3,(H,18,19). The maximum Gasteiger partial charge on any atom is 0.244 e. The number of anilines is 1. The molecule has 1 fully saturated rings.